The van der Waals surface area contributed by atoms with Gasteiger partial charge in [0.15, 0.2) is 0 Å². The summed E-state index contributed by atoms with van der Waals surface area (Å²) in [5.74, 6) is 0.820. The summed E-state index contributed by atoms with van der Waals surface area (Å²) in [4.78, 5) is 14.2. The van der Waals surface area contributed by atoms with Crippen molar-refractivity contribution in [3.8, 4) is 5.75 Å². The minimum atomic E-state index is 0.0794. The molecule has 1 aliphatic heterocycles. The van der Waals surface area contributed by atoms with E-state index in [0.29, 0.717) is 13.0 Å². The molecule has 0 radical (unpaired) electrons. The Bertz CT molecular complexity index is 640. The van der Waals surface area contributed by atoms with Gasteiger partial charge in [-0.05, 0) is 24.3 Å². The number of methoxy groups -OCH3 is 1. The predicted octanol–water partition coefficient (Wildman–Crippen LogP) is 3.18. The zero-order valence-corrected chi connectivity index (χ0v) is 11.3. The number of carbonyl (C=O) groups is 1. The lowest BCUT2D eigenvalue weighted by molar-refractivity contribution is -0.117. The lowest BCUT2D eigenvalue weighted by Gasteiger charge is -2.23. The highest BCUT2D eigenvalue weighted by Crippen LogP contribution is 2.35. The third-order valence-electron chi connectivity index (χ3n) is 3.36. The quantitative estimate of drug-likeness (QED) is 0.909. The van der Waals surface area contributed by atoms with Crippen LogP contribution in [-0.2, 0) is 4.79 Å². The van der Waals surface area contributed by atoms with Crippen LogP contribution in [0.5, 0.6) is 5.75 Å². The van der Waals surface area contributed by atoms with Crippen molar-refractivity contribution in [2.45, 2.75) is 6.42 Å². The number of carbonyl (C=O) groups excluding carboxylic acids is 1. The van der Waals surface area contributed by atoms with Crippen molar-refractivity contribution >= 4 is 23.0 Å². The van der Waals surface area contributed by atoms with Crippen LogP contribution in [0.4, 0.5) is 17.1 Å². The lowest BCUT2D eigenvalue weighted by atomic mass is 10.2. The maximum atomic E-state index is 12.4. The molecule has 4 nitrogen and oxygen atoms in total. The molecule has 1 aliphatic rings. The van der Waals surface area contributed by atoms with Crippen LogP contribution in [0.15, 0.2) is 48.5 Å². The van der Waals surface area contributed by atoms with Crippen molar-refractivity contribution < 1.29 is 9.53 Å². The predicted molar refractivity (Wildman–Crippen MR) is 79.7 cm³/mol. The second-order valence-electron chi connectivity index (χ2n) is 4.62. The van der Waals surface area contributed by atoms with E-state index in [0.717, 1.165) is 22.8 Å². The summed E-state index contributed by atoms with van der Waals surface area (Å²) in [6, 6.07) is 15.4. The lowest BCUT2D eigenvalue weighted by Crippen LogP contribution is -2.25. The molecular weight excluding hydrogens is 252 g/mol. The zero-order valence-electron chi connectivity index (χ0n) is 11.3. The van der Waals surface area contributed by atoms with Gasteiger partial charge in [0.1, 0.15) is 5.75 Å². The van der Waals surface area contributed by atoms with Gasteiger partial charge in [-0.2, -0.15) is 0 Å². The standard InChI is InChI=1S/C16H16N2O2/c1-20-13-6-4-5-12(11-13)18-15-8-3-2-7-14(15)17-10-9-16(18)19/h2-8,11,17H,9-10H2,1H3. The number of hydrogen-bond acceptors (Lipinski definition) is 3. The van der Waals surface area contributed by atoms with Crippen molar-refractivity contribution in [2.24, 2.45) is 0 Å². The SMILES string of the molecule is COc1cccc(N2C(=O)CCNc3ccccc32)c1. The van der Waals surface area contributed by atoms with Gasteiger partial charge in [-0.15, -0.1) is 0 Å². The molecule has 1 N–H and O–H groups in total. The minimum absolute atomic E-state index is 0.0794. The van der Waals surface area contributed by atoms with Gasteiger partial charge >= 0.3 is 0 Å². The first-order chi connectivity index (χ1) is 9.79. The first-order valence-corrected chi connectivity index (χ1v) is 6.59. The number of nitrogens with one attached hydrogen (secondary N) is 1. The summed E-state index contributed by atoms with van der Waals surface area (Å²) in [6.45, 7) is 0.649. The highest BCUT2D eigenvalue weighted by molar-refractivity contribution is 6.04. The summed E-state index contributed by atoms with van der Waals surface area (Å²) in [5.41, 5.74) is 2.68. The highest BCUT2D eigenvalue weighted by Gasteiger charge is 2.23. The fraction of sp³-hybridized carbons (Fsp3) is 0.188. The number of benzene rings is 2. The molecule has 102 valence electrons. The normalized spacial score (nSPS) is 14.2. The van der Waals surface area contributed by atoms with Crippen LogP contribution in [0, 0.1) is 0 Å². The van der Waals surface area contributed by atoms with Crippen molar-refractivity contribution in [1.82, 2.24) is 0 Å². The van der Waals surface area contributed by atoms with Crippen LogP contribution in [0.25, 0.3) is 0 Å². The number of amides is 1. The molecule has 0 saturated carbocycles. The maximum absolute atomic E-state index is 12.4. The third-order valence-corrected chi connectivity index (χ3v) is 3.36. The van der Waals surface area contributed by atoms with Crippen LogP contribution in [0.2, 0.25) is 0 Å². The monoisotopic (exact) mass is 268 g/mol. The van der Waals surface area contributed by atoms with Gasteiger partial charge in [0, 0.05) is 19.0 Å². The van der Waals surface area contributed by atoms with Crippen molar-refractivity contribution in [1.29, 1.82) is 0 Å². The molecule has 2 aromatic rings. The average molecular weight is 268 g/mol. The van der Waals surface area contributed by atoms with Gasteiger partial charge in [-0.25, -0.2) is 0 Å². The van der Waals surface area contributed by atoms with Crippen LogP contribution in [0.3, 0.4) is 0 Å². The van der Waals surface area contributed by atoms with Crippen LogP contribution < -0.4 is 15.0 Å². The molecule has 0 atom stereocenters. The molecule has 0 fully saturated rings. The van der Waals surface area contributed by atoms with E-state index in [1.54, 1.807) is 12.0 Å². The zero-order chi connectivity index (χ0) is 13.9. The molecule has 0 aromatic heterocycles. The molecule has 0 unspecified atom stereocenters. The Balaban J connectivity index is 2.12. The average Bonchev–Trinajstić information content (AvgIpc) is 2.65. The van der Waals surface area contributed by atoms with E-state index in [2.05, 4.69) is 5.32 Å². The van der Waals surface area contributed by atoms with Crippen molar-refractivity contribution in [3.63, 3.8) is 0 Å². The summed E-state index contributed by atoms with van der Waals surface area (Å²) >= 11 is 0. The Labute approximate surface area is 118 Å². The molecule has 20 heavy (non-hydrogen) atoms. The summed E-state index contributed by atoms with van der Waals surface area (Å²) < 4.78 is 5.25. The van der Waals surface area contributed by atoms with Gasteiger partial charge in [0.2, 0.25) is 5.91 Å². The molecule has 2 aromatic carbocycles. The van der Waals surface area contributed by atoms with E-state index in [4.69, 9.17) is 4.74 Å². The maximum Gasteiger partial charge on any atom is 0.233 e. The summed E-state index contributed by atoms with van der Waals surface area (Å²) in [5, 5.41) is 3.29. The van der Waals surface area contributed by atoms with E-state index in [1.807, 2.05) is 48.5 Å². The van der Waals surface area contributed by atoms with Crippen LogP contribution in [-0.4, -0.2) is 19.6 Å². The number of anilines is 3. The largest absolute Gasteiger partial charge is 0.497 e. The van der Waals surface area contributed by atoms with Crippen molar-refractivity contribution in [2.75, 3.05) is 23.9 Å². The Morgan fingerprint density at radius 2 is 2.00 bits per heavy atom. The molecule has 3 rings (SSSR count). The molecule has 1 amide bonds. The van der Waals surface area contributed by atoms with E-state index < -0.39 is 0 Å². The molecule has 0 aliphatic carbocycles. The minimum Gasteiger partial charge on any atom is -0.497 e. The second kappa shape index (κ2) is 5.25. The first-order valence-electron chi connectivity index (χ1n) is 6.59. The van der Waals surface area contributed by atoms with Crippen LogP contribution in [0.1, 0.15) is 6.42 Å². The number of fused-ring (bicyclic) bond motifs is 1. The molecule has 1 heterocycles. The third kappa shape index (κ3) is 2.20. The first kappa shape index (κ1) is 12.5. The molecule has 0 saturated heterocycles. The Morgan fingerprint density at radius 1 is 1.15 bits per heavy atom. The van der Waals surface area contributed by atoms with Gasteiger partial charge in [0.25, 0.3) is 0 Å². The molecule has 4 heteroatoms. The van der Waals surface area contributed by atoms with Crippen LogP contribution >= 0.6 is 0 Å². The van der Waals surface area contributed by atoms with E-state index >= 15 is 0 Å². The molecule has 0 spiro atoms. The van der Waals surface area contributed by atoms with Gasteiger partial charge in [-0.1, -0.05) is 18.2 Å². The Kier molecular flexibility index (Phi) is 3.29. The Hall–Kier alpha value is -2.49. The number of rotatable bonds is 2. The van der Waals surface area contributed by atoms with E-state index in [9.17, 15) is 4.79 Å². The van der Waals surface area contributed by atoms with E-state index in [-0.39, 0.29) is 5.91 Å². The fourth-order valence-corrected chi connectivity index (χ4v) is 2.40. The highest BCUT2D eigenvalue weighted by atomic mass is 16.5. The molecular formula is C16H16N2O2. The second-order valence-corrected chi connectivity index (χ2v) is 4.62. The number of hydrogen-bond donors (Lipinski definition) is 1. The van der Waals surface area contributed by atoms with Crippen molar-refractivity contribution in [3.05, 3.63) is 48.5 Å². The topological polar surface area (TPSA) is 41.6 Å². The van der Waals surface area contributed by atoms with E-state index in [1.165, 1.54) is 0 Å². The fourth-order valence-electron chi connectivity index (χ4n) is 2.40. The Morgan fingerprint density at radius 3 is 2.85 bits per heavy atom. The molecule has 0 bridgehead atoms. The number of para-hydroxylation sites is 2. The number of nitrogens with zero attached hydrogens (tertiary/aromatic N) is 1. The van der Waals surface area contributed by atoms with Gasteiger partial charge in [-0.3, -0.25) is 9.69 Å². The smallest absolute Gasteiger partial charge is 0.233 e. The summed E-state index contributed by atoms with van der Waals surface area (Å²) in [7, 11) is 1.62. The summed E-state index contributed by atoms with van der Waals surface area (Å²) in [6.07, 6.45) is 0.464. The van der Waals surface area contributed by atoms with Gasteiger partial charge < -0.3 is 10.1 Å². The van der Waals surface area contributed by atoms with Gasteiger partial charge in [0.05, 0.1) is 24.2 Å². The number of ether oxygens (including phenoxy) is 1.